The molecule has 1 aromatic carbocycles. The number of carboxylic acid groups (broad SMARTS) is 1. The molecular formula is C14H21FN2O2. The summed E-state index contributed by atoms with van der Waals surface area (Å²) < 4.78 is 13.3. The summed E-state index contributed by atoms with van der Waals surface area (Å²) in [7, 11) is 0. The molecule has 1 aromatic rings. The lowest BCUT2D eigenvalue weighted by Gasteiger charge is -2.20. The summed E-state index contributed by atoms with van der Waals surface area (Å²) in [4.78, 5) is 11.2. The van der Waals surface area contributed by atoms with Crippen molar-refractivity contribution in [2.45, 2.75) is 39.7 Å². The van der Waals surface area contributed by atoms with Gasteiger partial charge in [-0.25, -0.2) is 9.18 Å². The first-order chi connectivity index (χ1) is 8.86. The van der Waals surface area contributed by atoms with Crippen LogP contribution in [-0.4, -0.2) is 17.1 Å². The van der Waals surface area contributed by atoms with Gasteiger partial charge in [0.15, 0.2) is 0 Å². The number of halogens is 1. The molecule has 4 nitrogen and oxygen atoms in total. The monoisotopic (exact) mass is 268 g/mol. The second-order valence-corrected chi connectivity index (χ2v) is 4.98. The van der Waals surface area contributed by atoms with Gasteiger partial charge in [-0.1, -0.05) is 20.3 Å². The van der Waals surface area contributed by atoms with Gasteiger partial charge in [-0.2, -0.15) is 0 Å². The van der Waals surface area contributed by atoms with E-state index in [1.807, 2.05) is 6.92 Å². The summed E-state index contributed by atoms with van der Waals surface area (Å²) in [6.45, 7) is 6.21. The number of hydrogen-bond donors (Lipinski definition) is 3. The third kappa shape index (κ3) is 3.84. The number of carboxylic acids is 1. The van der Waals surface area contributed by atoms with Crippen LogP contribution in [0.2, 0.25) is 0 Å². The number of nitrogen functional groups attached to an aromatic ring is 1. The van der Waals surface area contributed by atoms with Crippen LogP contribution >= 0.6 is 0 Å². The molecular weight excluding hydrogens is 247 g/mol. The van der Waals surface area contributed by atoms with Crippen molar-refractivity contribution in [3.63, 3.8) is 0 Å². The van der Waals surface area contributed by atoms with E-state index in [0.29, 0.717) is 11.6 Å². The zero-order valence-electron chi connectivity index (χ0n) is 11.5. The van der Waals surface area contributed by atoms with Crippen molar-refractivity contribution in [2.24, 2.45) is 5.92 Å². The molecule has 0 radical (unpaired) electrons. The molecule has 19 heavy (non-hydrogen) atoms. The van der Waals surface area contributed by atoms with Crippen LogP contribution in [0.25, 0.3) is 0 Å². The van der Waals surface area contributed by atoms with Crippen LogP contribution in [0.4, 0.5) is 15.8 Å². The Kier molecular flexibility index (Phi) is 5.15. The third-order valence-electron chi connectivity index (χ3n) is 3.26. The Morgan fingerprint density at radius 2 is 2.11 bits per heavy atom. The first-order valence-electron chi connectivity index (χ1n) is 6.44. The molecule has 4 N–H and O–H groups in total. The van der Waals surface area contributed by atoms with Crippen molar-refractivity contribution in [1.29, 1.82) is 0 Å². The third-order valence-corrected chi connectivity index (χ3v) is 3.26. The van der Waals surface area contributed by atoms with E-state index in [1.165, 1.54) is 12.1 Å². The predicted molar refractivity (Wildman–Crippen MR) is 74.9 cm³/mol. The normalized spacial score (nSPS) is 13.9. The van der Waals surface area contributed by atoms with Crippen molar-refractivity contribution >= 4 is 17.3 Å². The predicted octanol–water partition coefficient (Wildman–Crippen LogP) is 3.34. The minimum absolute atomic E-state index is 0.0953. The first-order valence-corrected chi connectivity index (χ1v) is 6.44. The maximum atomic E-state index is 13.3. The summed E-state index contributed by atoms with van der Waals surface area (Å²) in [6.07, 6.45) is 1.97. The van der Waals surface area contributed by atoms with E-state index in [-0.39, 0.29) is 17.3 Å². The zero-order chi connectivity index (χ0) is 14.6. The standard InChI is InChI=1S/C14H21FN2O2/c1-4-8(2)7-9(3)17-11-6-5-10(15)13(16)12(11)14(18)19/h5-6,8-9,17H,4,7,16H2,1-3H3,(H,18,19). The van der Waals surface area contributed by atoms with E-state index in [1.54, 1.807) is 0 Å². The van der Waals surface area contributed by atoms with Crippen LogP contribution in [-0.2, 0) is 0 Å². The molecule has 0 aliphatic rings. The zero-order valence-corrected chi connectivity index (χ0v) is 11.5. The van der Waals surface area contributed by atoms with Crippen molar-refractivity contribution < 1.29 is 14.3 Å². The fraction of sp³-hybridized carbons (Fsp3) is 0.500. The van der Waals surface area contributed by atoms with Gasteiger partial charge >= 0.3 is 5.97 Å². The largest absolute Gasteiger partial charge is 0.478 e. The summed E-state index contributed by atoms with van der Waals surface area (Å²) in [5.74, 6) is -1.40. The second-order valence-electron chi connectivity index (χ2n) is 4.98. The van der Waals surface area contributed by atoms with Gasteiger partial charge in [0, 0.05) is 6.04 Å². The van der Waals surface area contributed by atoms with Crippen LogP contribution in [0.5, 0.6) is 0 Å². The fourth-order valence-corrected chi connectivity index (χ4v) is 2.04. The van der Waals surface area contributed by atoms with E-state index in [2.05, 4.69) is 19.2 Å². The minimum Gasteiger partial charge on any atom is -0.478 e. The highest BCUT2D eigenvalue weighted by Gasteiger charge is 2.19. The molecule has 0 fully saturated rings. The van der Waals surface area contributed by atoms with Crippen LogP contribution in [0.3, 0.4) is 0 Å². The van der Waals surface area contributed by atoms with Gasteiger partial charge < -0.3 is 16.2 Å². The molecule has 0 spiro atoms. The van der Waals surface area contributed by atoms with Gasteiger partial charge in [0.1, 0.15) is 11.4 Å². The van der Waals surface area contributed by atoms with Gasteiger partial charge in [0.05, 0.1) is 11.4 Å². The van der Waals surface area contributed by atoms with E-state index < -0.39 is 11.8 Å². The molecule has 106 valence electrons. The molecule has 5 heteroatoms. The van der Waals surface area contributed by atoms with Crippen molar-refractivity contribution in [1.82, 2.24) is 0 Å². The van der Waals surface area contributed by atoms with Gasteiger partial charge in [-0.15, -0.1) is 0 Å². The Labute approximate surface area is 112 Å². The average molecular weight is 268 g/mol. The molecule has 0 aliphatic carbocycles. The molecule has 0 saturated carbocycles. The molecule has 0 aliphatic heterocycles. The summed E-state index contributed by atoms with van der Waals surface area (Å²) in [5.41, 5.74) is 5.33. The fourth-order valence-electron chi connectivity index (χ4n) is 2.04. The molecule has 0 bridgehead atoms. The number of hydrogen-bond acceptors (Lipinski definition) is 3. The SMILES string of the molecule is CCC(C)CC(C)Nc1ccc(F)c(N)c1C(=O)O. The molecule has 1 rings (SSSR count). The maximum Gasteiger partial charge on any atom is 0.340 e. The molecule has 0 aromatic heterocycles. The smallest absolute Gasteiger partial charge is 0.340 e. The summed E-state index contributed by atoms with van der Waals surface area (Å²) in [6, 6.07) is 2.69. The van der Waals surface area contributed by atoms with Crippen LogP contribution < -0.4 is 11.1 Å². The highest BCUT2D eigenvalue weighted by atomic mass is 19.1. The Morgan fingerprint density at radius 1 is 1.47 bits per heavy atom. The number of anilines is 2. The molecule has 0 saturated heterocycles. The summed E-state index contributed by atoms with van der Waals surface area (Å²) in [5, 5.41) is 12.2. The van der Waals surface area contributed by atoms with Crippen LogP contribution in [0.15, 0.2) is 12.1 Å². The van der Waals surface area contributed by atoms with E-state index >= 15 is 0 Å². The van der Waals surface area contributed by atoms with Gasteiger partial charge in [-0.05, 0) is 31.4 Å². The summed E-state index contributed by atoms with van der Waals surface area (Å²) >= 11 is 0. The van der Waals surface area contributed by atoms with Crippen LogP contribution in [0, 0.1) is 11.7 Å². The lowest BCUT2D eigenvalue weighted by atomic mass is 9.99. The van der Waals surface area contributed by atoms with Gasteiger partial charge in [0.25, 0.3) is 0 Å². The molecule has 0 heterocycles. The van der Waals surface area contributed by atoms with Crippen molar-refractivity contribution in [3.8, 4) is 0 Å². The lowest BCUT2D eigenvalue weighted by Crippen LogP contribution is -2.20. The Hall–Kier alpha value is -1.78. The number of benzene rings is 1. The number of carbonyl (C=O) groups is 1. The quantitative estimate of drug-likeness (QED) is 0.692. The second kappa shape index (κ2) is 6.41. The van der Waals surface area contributed by atoms with Gasteiger partial charge in [-0.3, -0.25) is 0 Å². The number of rotatable bonds is 6. The number of nitrogens with two attached hydrogens (primary N) is 1. The van der Waals surface area contributed by atoms with E-state index in [9.17, 15) is 9.18 Å². The Balaban J connectivity index is 2.95. The van der Waals surface area contributed by atoms with Gasteiger partial charge in [0.2, 0.25) is 0 Å². The van der Waals surface area contributed by atoms with E-state index in [4.69, 9.17) is 10.8 Å². The lowest BCUT2D eigenvalue weighted by molar-refractivity contribution is 0.0698. The molecule has 0 amide bonds. The highest BCUT2D eigenvalue weighted by Crippen LogP contribution is 2.26. The minimum atomic E-state index is -1.23. The number of aromatic carboxylic acids is 1. The van der Waals surface area contributed by atoms with Crippen molar-refractivity contribution in [3.05, 3.63) is 23.5 Å². The topological polar surface area (TPSA) is 75.3 Å². The average Bonchev–Trinajstić information content (AvgIpc) is 2.33. The molecule has 2 atom stereocenters. The van der Waals surface area contributed by atoms with E-state index in [0.717, 1.165) is 12.8 Å². The molecule has 2 unspecified atom stereocenters. The highest BCUT2D eigenvalue weighted by molar-refractivity contribution is 6.00. The van der Waals surface area contributed by atoms with Crippen molar-refractivity contribution in [2.75, 3.05) is 11.1 Å². The first kappa shape index (κ1) is 15.3. The Morgan fingerprint density at radius 3 is 2.63 bits per heavy atom. The Bertz CT molecular complexity index is 463. The number of nitrogens with one attached hydrogen (secondary N) is 1. The van der Waals surface area contributed by atoms with Crippen LogP contribution in [0.1, 0.15) is 44.0 Å². The maximum absolute atomic E-state index is 13.3.